The molecule has 1 atom stereocenters. The van der Waals surface area contributed by atoms with E-state index in [2.05, 4.69) is 15.3 Å². The number of anilines is 1. The fourth-order valence-electron chi connectivity index (χ4n) is 1.17. The predicted octanol–water partition coefficient (Wildman–Crippen LogP) is 1.23. The lowest BCUT2D eigenvalue weighted by molar-refractivity contribution is -0.137. The number of carbonyl (C=O) groups is 1. The molecule has 0 saturated carbocycles. The second-order valence-electron chi connectivity index (χ2n) is 3.35. The van der Waals surface area contributed by atoms with Crippen molar-refractivity contribution in [2.24, 2.45) is 0 Å². The van der Waals surface area contributed by atoms with E-state index in [9.17, 15) is 4.79 Å². The van der Waals surface area contributed by atoms with E-state index in [1.807, 2.05) is 6.92 Å². The maximum absolute atomic E-state index is 10.6. The fourth-order valence-corrected chi connectivity index (χ4v) is 1.17. The average Bonchev–Trinajstić information content (AvgIpc) is 2.16. The highest BCUT2D eigenvalue weighted by molar-refractivity contribution is 5.76. The third-order valence-electron chi connectivity index (χ3n) is 1.99. The number of rotatable bonds is 4. The number of carboxylic acid groups (broad SMARTS) is 1. The topological polar surface area (TPSA) is 75.1 Å². The number of nitrogens with one attached hydrogen (secondary N) is 1. The van der Waals surface area contributed by atoms with Crippen molar-refractivity contribution in [2.75, 3.05) is 5.32 Å². The summed E-state index contributed by atoms with van der Waals surface area (Å²) in [5.74, 6) is 0.313. The number of hydrogen-bond acceptors (Lipinski definition) is 4. The van der Waals surface area contributed by atoms with E-state index in [0.717, 1.165) is 12.1 Å². The molecular weight excluding hydrogens is 194 g/mol. The molecule has 0 aliphatic carbocycles. The Morgan fingerprint density at radius 2 is 2.27 bits per heavy atom. The van der Waals surface area contributed by atoms with Crippen LogP contribution in [0.1, 0.15) is 25.4 Å². The Balaban J connectivity index is 2.85. The molecule has 2 N–H and O–H groups in total. The normalized spacial score (nSPS) is 12.2. The first-order valence-electron chi connectivity index (χ1n) is 4.86. The van der Waals surface area contributed by atoms with Gasteiger partial charge in [0.1, 0.15) is 17.7 Å². The molecule has 0 amide bonds. The summed E-state index contributed by atoms with van der Waals surface area (Å²) in [4.78, 5) is 19.0. The zero-order valence-corrected chi connectivity index (χ0v) is 9.11. The number of hydrogen-bond donors (Lipinski definition) is 2. The van der Waals surface area contributed by atoms with Crippen LogP contribution in [0.25, 0.3) is 0 Å². The van der Waals surface area contributed by atoms with Gasteiger partial charge in [0.05, 0.1) is 0 Å². The van der Waals surface area contributed by atoms with Crippen LogP contribution >= 0.6 is 0 Å². The Morgan fingerprint density at radius 1 is 1.60 bits per heavy atom. The standard InChI is InChI=1S/C10H15N3O2/c1-4-8-5-9(13-7(3)12-8)11-6(2)10(14)15/h5-6H,4H2,1-3H3,(H,14,15)(H,11,12,13)/t6-/m0/s1. The molecule has 0 fully saturated rings. The molecule has 15 heavy (non-hydrogen) atoms. The molecule has 5 heteroatoms. The van der Waals surface area contributed by atoms with E-state index >= 15 is 0 Å². The molecule has 5 nitrogen and oxygen atoms in total. The second-order valence-corrected chi connectivity index (χ2v) is 3.35. The van der Waals surface area contributed by atoms with Gasteiger partial charge in [-0.3, -0.25) is 4.79 Å². The number of aliphatic carboxylic acids is 1. The van der Waals surface area contributed by atoms with Gasteiger partial charge in [0.15, 0.2) is 0 Å². The minimum atomic E-state index is -0.899. The van der Waals surface area contributed by atoms with Gasteiger partial charge in [-0.1, -0.05) is 6.92 Å². The van der Waals surface area contributed by atoms with E-state index in [1.54, 1.807) is 19.9 Å². The van der Waals surface area contributed by atoms with Gasteiger partial charge < -0.3 is 10.4 Å². The zero-order chi connectivity index (χ0) is 11.4. The molecule has 1 rings (SSSR count). The van der Waals surface area contributed by atoms with Crippen molar-refractivity contribution in [1.82, 2.24) is 9.97 Å². The largest absolute Gasteiger partial charge is 0.480 e. The highest BCUT2D eigenvalue weighted by atomic mass is 16.4. The molecule has 0 aromatic carbocycles. The van der Waals surface area contributed by atoms with Gasteiger partial charge in [-0.2, -0.15) is 0 Å². The smallest absolute Gasteiger partial charge is 0.325 e. The molecular formula is C10H15N3O2. The maximum Gasteiger partial charge on any atom is 0.325 e. The van der Waals surface area contributed by atoms with Crippen LogP contribution in [0.2, 0.25) is 0 Å². The fraction of sp³-hybridized carbons (Fsp3) is 0.500. The first-order valence-corrected chi connectivity index (χ1v) is 4.86. The molecule has 0 radical (unpaired) electrons. The van der Waals surface area contributed by atoms with E-state index in [-0.39, 0.29) is 0 Å². The van der Waals surface area contributed by atoms with Crippen LogP contribution in [0.15, 0.2) is 6.07 Å². The Morgan fingerprint density at radius 3 is 2.80 bits per heavy atom. The summed E-state index contributed by atoms with van der Waals surface area (Å²) in [5, 5.41) is 11.5. The molecule has 82 valence electrons. The number of aromatic nitrogens is 2. The van der Waals surface area contributed by atoms with Crippen LogP contribution in [0.4, 0.5) is 5.82 Å². The van der Waals surface area contributed by atoms with E-state index in [1.165, 1.54) is 0 Å². The molecule has 1 aromatic heterocycles. The first-order chi connectivity index (χ1) is 7.02. The first kappa shape index (κ1) is 11.4. The quantitative estimate of drug-likeness (QED) is 0.780. The van der Waals surface area contributed by atoms with E-state index in [4.69, 9.17) is 5.11 Å². The van der Waals surface area contributed by atoms with Crippen molar-refractivity contribution in [1.29, 1.82) is 0 Å². The molecule has 0 aliphatic rings. The number of nitrogens with zero attached hydrogens (tertiary/aromatic N) is 2. The van der Waals surface area contributed by atoms with E-state index in [0.29, 0.717) is 11.6 Å². The molecule has 1 heterocycles. The van der Waals surface area contributed by atoms with Crippen LogP contribution < -0.4 is 5.32 Å². The van der Waals surface area contributed by atoms with Crippen LogP contribution in [0, 0.1) is 6.92 Å². The Hall–Kier alpha value is -1.65. The predicted molar refractivity (Wildman–Crippen MR) is 56.9 cm³/mol. The molecule has 0 unspecified atom stereocenters. The maximum atomic E-state index is 10.6. The lowest BCUT2D eigenvalue weighted by Gasteiger charge is -2.11. The molecule has 0 aliphatic heterocycles. The van der Waals surface area contributed by atoms with Crippen LogP contribution in [-0.2, 0) is 11.2 Å². The third kappa shape index (κ3) is 3.19. The summed E-state index contributed by atoms with van der Waals surface area (Å²) in [6.07, 6.45) is 0.805. The van der Waals surface area contributed by atoms with Gasteiger partial charge in [0, 0.05) is 11.8 Å². The van der Waals surface area contributed by atoms with Gasteiger partial charge in [0.25, 0.3) is 0 Å². The SMILES string of the molecule is CCc1cc(N[C@@H](C)C(=O)O)nc(C)n1. The van der Waals surface area contributed by atoms with Gasteiger partial charge >= 0.3 is 5.97 Å². The molecule has 0 bridgehead atoms. The minimum absolute atomic E-state index is 0.564. The Bertz CT molecular complexity index is 366. The lowest BCUT2D eigenvalue weighted by atomic mass is 10.3. The van der Waals surface area contributed by atoms with Gasteiger partial charge in [-0.05, 0) is 20.3 Å². The molecule has 0 spiro atoms. The summed E-state index contributed by atoms with van der Waals surface area (Å²) in [6, 6.07) is 1.12. The highest BCUT2D eigenvalue weighted by Crippen LogP contribution is 2.08. The summed E-state index contributed by atoms with van der Waals surface area (Å²) >= 11 is 0. The van der Waals surface area contributed by atoms with Crippen molar-refractivity contribution < 1.29 is 9.90 Å². The Kier molecular flexibility index (Phi) is 3.60. The lowest BCUT2D eigenvalue weighted by Crippen LogP contribution is -2.26. The van der Waals surface area contributed by atoms with Gasteiger partial charge in [-0.15, -0.1) is 0 Å². The summed E-state index contributed by atoms with van der Waals surface area (Å²) in [5.41, 5.74) is 0.905. The summed E-state index contributed by atoms with van der Waals surface area (Å²) < 4.78 is 0. The van der Waals surface area contributed by atoms with Crippen molar-refractivity contribution in [3.63, 3.8) is 0 Å². The summed E-state index contributed by atoms with van der Waals surface area (Å²) in [6.45, 7) is 5.35. The molecule has 0 saturated heterocycles. The number of carboxylic acids is 1. The zero-order valence-electron chi connectivity index (χ0n) is 9.11. The van der Waals surface area contributed by atoms with Crippen LogP contribution in [0.3, 0.4) is 0 Å². The van der Waals surface area contributed by atoms with Crippen molar-refractivity contribution in [2.45, 2.75) is 33.2 Å². The molecule has 1 aromatic rings. The van der Waals surface area contributed by atoms with Crippen LogP contribution in [0.5, 0.6) is 0 Å². The third-order valence-corrected chi connectivity index (χ3v) is 1.99. The van der Waals surface area contributed by atoms with Crippen molar-refractivity contribution in [3.05, 3.63) is 17.6 Å². The summed E-state index contributed by atoms with van der Waals surface area (Å²) in [7, 11) is 0. The average molecular weight is 209 g/mol. The van der Waals surface area contributed by atoms with Gasteiger partial charge in [-0.25, -0.2) is 9.97 Å². The van der Waals surface area contributed by atoms with Gasteiger partial charge in [0.2, 0.25) is 0 Å². The van der Waals surface area contributed by atoms with E-state index < -0.39 is 12.0 Å². The van der Waals surface area contributed by atoms with Crippen LogP contribution in [-0.4, -0.2) is 27.1 Å². The Labute approximate surface area is 88.6 Å². The highest BCUT2D eigenvalue weighted by Gasteiger charge is 2.11. The van der Waals surface area contributed by atoms with Crippen molar-refractivity contribution >= 4 is 11.8 Å². The minimum Gasteiger partial charge on any atom is -0.480 e. The number of aryl methyl sites for hydroxylation is 2. The van der Waals surface area contributed by atoms with Crippen molar-refractivity contribution in [3.8, 4) is 0 Å². The second kappa shape index (κ2) is 4.72. The monoisotopic (exact) mass is 209 g/mol.